The molecular weight excluding hydrogens is 194 g/mol. The van der Waals surface area contributed by atoms with Crippen LogP contribution in [0.1, 0.15) is 28.7 Å². The zero-order chi connectivity index (χ0) is 10.8. The molecule has 1 aliphatic heterocycles. The Morgan fingerprint density at radius 2 is 2.47 bits per heavy atom. The van der Waals surface area contributed by atoms with Crippen LogP contribution in [0.3, 0.4) is 0 Å². The molecule has 1 N–H and O–H groups in total. The van der Waals surface area contributed by atoms with Gasteiger partial charge in [-0.3, -0.25) is 0 Å². The predicted molar refractivity (Wildman–Crippen MR) is 53.8 cm³/mol. The highest BCUT2D eigenvalue weighted by atomic mass is 16.4. The number of likely N-dealkylation sites (N-methyl/N-ethyl adjacent to an activating group) is 1. The Morgan fingerprint density at radius 1 is 1.67 bits per heavy atom. The molecule has 0 amide bonds. The van der Waals surface area contributed by atoms with Crippen LogP contribution >= 0.6 is 0 Å². The van der Waals surface area contributed by atoms with E-state index in [1.165, 1.54) is 12.3 Å². The molecule has 2 heterocycles. The molecule has 1 unspecified atom stereocenters. The van der Waals surface area contributed by atoms with Gasteiger partial charge in [-0.15, -0.1) is 0 Å². The van der Waals surface area contributed by atoms with E-state index in [2.05, 4.69) is 14.9 Å². The van der Waals surface area contributed by atoms with Crippen molar-refractivity contribution in [2.45, 2.75) is 12.3 Å². The number of nitrogens with zero attached hydrogens (tertiary/aromatic N) is 3. The van der Waals surface area contributed by atoms with Gasteiger partial charge in [-0.05, 0) is 26.1 Å². The van der Waals surface area contributed by atoms with Gasteiger partial charge in [0.1, 0.15) is 5.82 Å². The van der Waals surface area contributed by atoms with Gasteiger partial charge in [0.15, 0.2) is 5.69 Å². The van der Waals surface area contributed by atoms with Gasteiger partial charge in [0.25, 0.3) is 0 Å². The minimum Gasteiger partial charge on any atom is -0.477 e. The van der Waals surface area contributed by atoms with Crippen molar-refractivity contribution in [3.63, 3.8) is 0 Å². The van der Waals surface area contributed by atoms with Gasteiger partial charge in [0.05, 0.1) is 0 Å². The van der Waals surface area contributed by atoms with Crippen LogP contribution < -0.4 is 0 Å². The third-order valence-electron chi connectivity index (χ3n) is 2.65. The van der Waals surface area contributed by atoms with E-state index < -0.39 is 5.97 Å². The van der Waals surface area contributed by atoms with Gasteiger partial charge in [0.2, 0.25) is 0 Å². The van der Waals surface area contributed by atoms with Gasteiger partial charge in [0, 0.05) is 18.7 Å². The average Bonchev–Trinajstić information content (AvgIpc) is 2.65. The number of hydrogen-bond acceptors (Lipinski definition) is 4. The summed E-state index contributed by atoms with van der Waals surface area (Å²) >= 11 is 0. The lowest BCUT2D eigenvalue weighted by Crippen LogP contribution is -2.15. The molecule has 0 aliphatic carbocycles. The summed E-state index contributed by atoms with van der Waals surface area (Å²) in [4.78, 5) is 21.1. The van der Waals surface area contributed by atoms with Crippen LogP contribution in [0.4, 0.5) is 0 Å². The van der Waals surface area contributed by atoms with Crippen molar-refractivity contribution in [1.82, 2.24) is 14.9 Å². The molecule has 5 nitrogen and oxygen atoms in total. The van der Waals surface area contributed by atoms with Gasteiger partial charge < -0.3 is 10.0 Å². The second-order valence-electron chi connectivity index (χ2n) is 3.85. The normalized spacial score (nSPS) is 21.8. The van der Waals surface area contributed by atoms with E-state index in [0.717, 1.165) is 19.5 Å². The first-order valence-corrected chi connectivity index (χ1v) is 4.91. The highest BCUT2D eigenvalue weighted by molar-refractivity contribution is 5.85. The minimum absolute atomic E-state index is 0.0783. The minimum atomic E-state index is -0.995. The number of carboxylic acids is 1. The van der Waals surface area contributed by atoms with Crippen LogP contribution in [-0.4, -0.2) is 46.1 Å². The number of rotatable bonds is 2. The fourth-order valence-corrected chi connectivity index (χ4v) is 1.84. The molecule has 0 saturated carbocycles. The molecule has 2 rings (SSSR count). The standard InChI is InChI=1S/C10H13N3O2/c1-13-5-3-7(6-13)9-11-4-2-8(12-9)10(14)15/h2,4,7H,3,5-6H2,1H3,(H,14,15). The first-order chi connectivity index (χ1) is 7.16. The zero-order valence-corrected chi connectivity index (χ0v) is 8.55. The molecule has 1 atom stereocenters. The number of carboxylic acid groups (broad SMARTS) is 1. The molecule has 0 aromatic carbocycles. The summed E-state index contributed by atoms with van der Waals surface area (Å²) in [5.41, 5.74) is 0.0783. The Kier molecular flexibility index (Phi) is 2.64. The summed E-state index contributed by atoms with van der Waals surface area (Å²) in [7, 11) is 2.04. The lowest BCUT2D eigenvalue weighted by atomic mass is 10.1. The quantitative estimate of drug-likeness (QED) is 0.769. The van der Waals surface area contributed by atoms with E-state index >= 15 is 0 Å². The second-order valence-corrected chi connectivity index (χ2v) is 3.85. The lowest BCUT2D eigenvalue weighted by molar-refractivity contribution is 0.0690. The van der Waals surface area contributed by atoms with Crippen LogP contribution in [0.2, 0.25) is 0 Å². The predicted octanol–water partition coefficient (Wildman–Crippen LogP) is 0.594. The van der Waals surface area contributed by atoms with Crippen LogP contribution in [0.5, 0.6) is 0 Å². The monoisotopic (exact) mass is 207 g/mol. The van der Waals surface area contributed by atoms with Crippen molar-refractivity contribution in [3.8, 4) is 0 Å². The van der Waals surface area contributed by atoms with Crippen LogP contribution in [-0.2, 0) is 0 Å². The SMILES string of the molecule is CN1CCC(c2nccc(C(=O)O)n2)C1. The molecule has 0 bridgehead atoms. The summed E-state index contributed by atoms with van der Waals surface area (Å²) in [6, 6.07) is 1.42. The van der Waals surface area contributed by atoms with Crippen molar-refractivity contribution in [2.75, 3.05) is 20.1 Å². The number of aromatic carboxylic acids is 1. The van der Waals surface area contributed by atoms with E-state index in [-0.39, 0.29) is 11.6 Å². The molecule has 15 heavy (non-hydrogen) atoms. The van der Waals surface area contributed by atoms with E-state index in [4.69, 9.17) is 5.11 Å². The summed E-state index contributed by atoms with van der Waals surface area (Å²) in [6.07, 6.45) is 2.52. The van der Waals surface area contributed by atoms with E-state index in [1.807, 2.05) is 7.05 Å². The topological polar surface area (TPSA) is 66.3 Å². The Balaban J connectivity index is 2.21. The van der Waals surface area contributed by atoms with Crippen molar-refractivity contribution in [1.29, 1.82) is 0 Å². The van der Waals surface area contributed by atoms with Gasteiger partial charge in [-0.1, -0.05) is 0 Å². The van der Waals surface area contributed by atoms with Crippen molar-refractivity contribution < 1.29 is 9.90 Å². The summed E-state index contributed by atoms with van der Waals surface area (Å²) in [5.74, 6) is -0.0708. The van der Waals surface area contributed by atoms with Crippen LogP contribution in [0.25, 0.3) is 0 Å². The third-order valence-corrected chi connectivity index (χ3v) is 2.65. The smallest absolute Gasteiger partial charge is 0.354 e. The lowest BCUT2D eigenvalue weighted by Gasteiger charge is -2.08. The molecule has 1 fully saturated rings. The number of likely N-dealkylation sites (tertiary alicyclic amines) is 1. The first kappa shape index (κ1) is 10.0. The van der Waals surface area contributed by atoms with Crippen LogP contribution in [0.15, 0.2) is 12.3 Å². The Bertz CT molecular complexity index is 381. The summed E-state index contributed by atoms with van der Waals surface area (Å²) in [5, 5.41) is 8.80. The number of carbonyl (C=O) groups is 1. The molecule has 0 spiro atoms. The van der Waals surface area contributed by atoms with E-state index in [1.54, 1.807) is 0 Å². The molecule has 80 valence electrons. The largest absolute Gasteiger partial charge is 0.477 e. The molecule has 1 aromatic rings. The number of hydrogen-bond donors (Lipinski definition) is 1. The third kappa shape index (κ3) is 2.12. The molecular formula is C10H13N3O2. The summed E-state index contributed by atoms with van der Waals surface area (Å²) in [6.45, 7) is 1.92. The Morgan fingerprint density at radius 3 is 3.07 bits per heavy atom. The Labute approximate surface area is 87.8 Å². The van der Waals surface area contributed by atoms with Crippen LogP contribution in [0, 0.1) is 0 Å². The number of aromatic nitrogens is 2. The highest BCUT2D eigenvalue weighted by Crippen LogP contribution is 2.22. The van der Waals surface area contributed by atoms with Crippen molar-refractivity contribution in [2.24, 2.45) is 0 Å². The molecule has 1 saturated heterocycles. The maximum absolute atomic E-state index is 10.7. The van der Waals surface area contributed by atoms with Crippen molar-refractivity contribution in [3.05, 3.63) is 23.8 Å². The average molecular weight is 207 g/mol. The maximum atomic E-state index is 10.7. The summed E-state index contributed by atoms with van der Waals surface area (Å²) < 4.78 is 0. The molecule has 1 aliphatic rings. The van der Waals surface area contributed by atoms with Gasteiger partial charge >= 0.3 is 5.97 Å². The maximum Gasteiger partial charge on any atom is 0.354 e. The molecule has 0 radical (unpaired) electrons. The van der Waals surface area contributed by atoms with Gasteiger partial charge in [-0.25, -0.2) is 14.8 Å². The first-order valence-electron chi connectivity index (χ1n) is 4.91. The van der Waals surface area contributed by atoms with E-state index in [0.29, 0.717) is 5.82 Å². The second kappa shape index (κ2) is 3.94. The van der Waals surface area contributed by atoms with E-state index in [9.17, 15) is 4.79 Å². The van der Waals surface area contributed by atoms with Gasteiger partial charge in [-0.2, -0.15) is 0 Å². The Hall–Kier alpha value is -1.49. The van der Waals surface area contributed by atoms with Crippen molar-refractivity contribution >= 4 is 5.97 Å². The molecule has 5 heteroatoms. The zero-order valence-electron chi connectivity index (χ0n) is 8.55. The molecule has 1 aromatic heterocycles. The fraction of sp³-hybridized carbons (Fsp3) is 0.500. The highest BCUT2D eigenvalue weighted by Gasteiger charge is 2.24. The fourth-order valence-electron chi connectivity index (χ4n) is 1.84.